The molecule has 2 heterocycles. The van der Waals surface area contributed by atoms with Crippen molar-refractivity contribution < 1.29 is 8.42 Å². The van der Waals surface area contributed by atoms with E-state index in [1.807, 2.05) is 6.92 Å². The van der Waals surface area contributed by atoms with Crippen molar-refractivity contribution >= 4 is 9.84 Å². The molecule has 16 heavy (non-hydrogen) atoms. The predicted octanol–water partition coefficient (Wildman–Crippen LogP) is 0.979. The number of hydrogen-bond donors (Lipinski definition) is 0. The lowest BCUT2D eigenvalue weighted by molar-refractivity contribution is 0.600. The van der Waals surface area contributed by atoms with Gasteiger partial charge in [-0.2, -0.15) is 5.10 Å². The number of hydrogen-bond acceptors (Lipinski definition) is 4. The first-order valence-electron chi connectivity index (χ1n) is 4.66. The minimum Gasteiger partial charge on any atom is -0.236 e. The van der Waals surface area contributed by atoms with Gasteiger partial charge >= 0.3 is 0 Å². The summed E-state index contributed by atoms with van der Waals surface area (Å²) in [7, 11) is -3.30. The van der Waals surface area contributed by atoms with Crippen LogP contribution in [0.1, 0.15) is 5.69 Å². The molecule has 0 aliphatic rings. The Morgan fingerprint density at radius 3 is 2.62 bits per heavy atom. The quantitative estimate of drug-likeness (QED) is 0.781. The van der Waals surface area contributed by atoms with Crippen LogP contribution in [-0.2, 0) is 9.84 Å². The van der Waals surface area contributed by atoms with Gasteiger partial charge in [-0.25, -0.2) is 18.1 Å². The van der Waals surface area contributed by atoms with E-state index in [1.54, 1.807) is 24.5 Å². The van der Waals surface area contributed by atoms with Crippen LogP contribution in [0.2, 0.25) is 0 Å². The van der Waals surface area contributed by atoms with Gasteiger partial charge in [0.2, 0.25) is 0 Å². The Morgan fingerprint density at radius 2 is 2.06 bits per heavy atom. The smallest absolute Gasteiger partial charge is 0.179 e. The summed E-state index contributed by atoms with van der Waals surface area (Å²) in [5.74, 6) is 0.332. The maximum absolute atomic E-state index is 11.6. The van der Waals surface area contributed by atoms with Crippen LogP contribution >= 0.6 is 0 Å². The molecule has 0 atom stereocenters. The summed E-state index contributed by atoms with van der Waals surface area (Å²) in [5, 5.41) is 4.14. The fraction of sp³-hybridized carbons (Fsp3) is 0.200. The molecule has 0 amide bonds. The highest BCUT2D eigenvalue weighted by atomic mass is 32.2. The van der Waals surface area contributed by atoms with Crippen LogP contribution in [0.5, 0.6) is 0 Å². The number of pyridine rings is 1. The molecule has 0 radical (unpaired) electrons. The third-order valence-electron chi connectivity index (χ3n) is 2.09. The summed E-state index contributed by atoms with van der Waals surface area (Å²) in [6.45, 7) is 1.83. The van der Waals surface area contributed by atoms with Crippen molar-refractivity contribution in [2.24, 2.45) is 0 Å². The van der Waals surface area contributed by atoms with E-state index in [0.717, 1.165) is 11.9 Å². The lowest BCUT2D eigenvalue weighted by atomic mass is 10.4. The van der Waals surface area contributed by atoms with Crippen molar-refractivity contribution in [3.05, 3.63) is 36.3 Å². The Kier molecular flexibility index (Phi) is 2.51. The van der Waals surface area contributed by atoms with Gasteiger partial charge < -0.3 is 0 Å². The fourth-order valence-electron chi connectivity index (χ4n) is 1.38. The van der Waals surface area contributed by atoms with Crippen LogP contribution in [0.4, 0.5) is 0 Å². The molecular formula is C10H11N3O2S. The van der Waals surface area contributed by atoms with Crippen LogP contribution in [0.25, 0.3) is 5.82 Å². The lowest BCUT2D eigenvalue weighted by Gasteiger charge is -2.05. The number of aromatic nitrogens is 3. The Balaban J connectivity index is 2.66. The summed E-state index contributed by atoms with van der Waals surface area (Å²) in [4.78, 5) is 4.23. The highest BCUT2D eigenvalue weighted by Gasteiger charge is 2.15. The van der Waals surface area contributed by atoms with Crippen molar-refractivity contribution in [2.45, 2.75) is 11.8 Å². The van der Waals surface area contributed by atoms with Gasteiger partial charge in [0.15, 0.2) is 15.7 Å². The summed E-state index contributed by atoms with van der Waals surface area (Å²) < 4.78 is 24.6. The predicted molar refractivity (Wildman–Crippen MR) is 59.2 cm³/mol. The van der Waals surface area contributed by atoms with Crippen LogP contribution < -0.4 is 0 Å². The maximum atomic E-state index is 11.6. The Morgan fingerprint density at radius 1 is 1.31 bits per heavy atom. The van der Waals surface area contributed by atoms with E-state index in [4.69, 9.17) is 0 Å². The van der Waals surface area contributed by atoms with Gasteiger partial charge in [-0.15, -0.1) is 0 Å². The van der Waals surface area contributed by atoms with Crippen LogP contribution in [0.15, 0.2) is 35.5 Å². The average molecular weight is 237 g/mol. The zero-order valence-corrected chi connectivity index (χ0v) is 9.77. The van der Waals surface area contributed by atoms with Crippen LogP contribution in [0.3, 0.4) is 0 Å². The molecule has 2 aromatic heterocycles. The first kappa shape index (κ1) is 10.8. The molecule has 0 fully saturated rings. The van der Waals surface area contributed by atoms with Crippen molar-refractivity contribution in [1.82, 2.24) is 14.8 Å². The Hall–Kier alpha value is -1.69. The van der Waals surface area contributed by atoms with Crippen molar-refractivity contribution in [1.29, 1.82) is 0 Å². The first-order chi connectivity index (χ1) is 7.48. The largest absolute Gasteiger partial charge is 0.236 e. The molecule has 84 valence electrons. The van der Waals surface area contributed by atoms with Gasteiger partial charge in [0.05, 0.1) is 5.69 Å². The second-order valence-electron chi connectivity index (χ2n) is 3.50. The number of nitrogens with zero attached hydrogens (tertiary/aromatic N) is 3. The Labute approximate surface area is 93.7 Å². The van der Waals surface area contributed by atoms with Crippen molar-refractivity contribution in [3.8, 4) is 5.82 Å². The van der Waals surface area contributed by atoms with Gasteiger partial charge in [-0.3, -0.25) is 0 Å². The standard InChI is InChI=1S/C10H11N3O2S/c1-8-5-7-13(12-8)10-9(16(2,14)15)4-3-6-11-10/h3-7H,1-2H3. The molecule has 0 bridgehead atoms. The number of aryl methyl sites for hydroxylation is 1. The third-order valence-corrected chi connectivity index (χ3v) is 3.21. The molecule has 2 aromatic rings. The minimum atomic E-state index is -3.30. The molecular weight excluding hydrogens is 226 g/mol. The number of rotatable bonds is 2. The molecule has 0 saturated carbocycles. The molecule has 0 aliphatic heterocycles. The van der Waals surface area contributed by atoms with E-state index in [-0.39, 0.29) is 4.90 Å². The third kappa shape index (κ3) is 1.96. The van der Waals surface area contributed by atoms with Gasteiger partial charge in [-0.05, 0) is 25.1 Å². The summed E-state index contributed by atoms with van der Waals surface area (Å²) in [6, 6.07) is 4.91. The van der Waals surface area contributed by atoms with Crippen LogP contribution in [0, 0.1) is 6.92 Å². The monoisotopic (exact) mass is 237 g/mol. The topological polar surface area (TPSA) is 64.8 Å². The van der Waals surface area contributed by atoms with Gasteiger partial charge in [0.25, 0.3) is 0 Å². The SMILES string of the molecule is Cc1ccn(-c2ncccc2S(C)(=O)=O)n1. The minimum absolute atomic E-state index is 0.179. The normalized spacial score (nSPS) is 11.6. The highest BCUT2D eigenvalue weighted by Crippen LogP contribution is 2.16. The zero-order valence-electron chi connectivity index (χ0n) is 8.95. The first-order valence-corrected chi connectivity index (χ1v) is 6.55. The molecule has 0 spiro atoms. The molecule has 2 rings (SSSR count). The molecule has 0 aromatic carbocycles. The van der Waals surface area contributed by atoms with Crippen molar-refractivity contribution in [3.63, 3.8) is 0 Å². The average Bonchev–Trinajstić information content (AvgIpc) is 2.64. The van der Waals surface area contributed by atoms with Gasteiger partial charge in [-0.1, -0.05) is 0 Å². The van der Waals surface area contributed by atoms with Crippen molar-refractivity contribution in [2.75, 3.05) is 6.26 Å². The van der Waals surface area contributed by atoms with E-state index in [0.29, 0.717) is 5.82 Å². The highest BCUT2D eigenvalue weighted by molar-refractivity contribution is 7.90. The summed E-state index contributed by atoms with van der Waals surface area (Å²) >= 11 is 0. The summed E-state index contributed by atoms with van der Waals surface area (Å²) in [5.41, 5.74) is 0.810. The van der Waals surface area contributed by atoms with Crippen LogP contribution in [-0.4, -0.2) is 29.4 Å². The summed E-state index contributed by atoms with van der Waals surface area (Å²) in [6.07, 6.45) is 4.39. The molecule has 5 nitrogen and oxygen atoms in total. The lowest BCUT2D eigenvalue weighted by Crippen LogP contribution is -2.07. The van der Waals surface area contributed by atoms with E-state index in [9.17, 15) is 8.42 Å². The molecule has 0 unspecified atom stereocenters. The molecule has 6 heteroatoms. The van der Waals surface area contributed by atoms with E-state index >= 15 is 0 Å². The number of sulfone groups is 1. The van der Waals surface area contributed by atoms with Gasteiger partial charge in [0, 0.05) is 18.6 Å². The fourth-order valence-corrected chi connectivity index (χ4v) is 2.18. The molecule has 0 aliphatic carbocycles. The second kappa shape index (κ2) is 3.71. The van der Waals surface area contributed by atoms with Gasteiger partial charge in [0.1, 0.15) is 4.90 Å². The van der Waals surface area contributed by atoms with E-state index in [2.05, 4.69) is 10.1 Å². The van der Waals surface area contributed by atoms with E-state index in [1.165, 1.54) is 10.7 Å². The molecule has 0 saturated heterocycles. The maximum Gasteiger partial charge on any atom is 0.179 e. The van der Waals surface area contributed by atoms with E-state index < -0.39 is 9.84 Å². The zero-order chi connectivity index (χ0) is 11.8. The second-order valence-corrected chi connectivity index (χ2v) is 5.48. The Bertz CT molecular complexity index is 616. The molecule has 0 N–H and O–H groups in total.